The fraction of sp³-hybridized carbons (Fsp3) is 0.242. The molecule has 0 bridgehead atoms. The molecule has 0 saturated carbocycles. The summed E-state index contributed by atoms with van der Waals surface area (Å²) >= 11 is 0. The summed E-state index contributed by atoms with van der Waals surface area (Å²) in [5.74, 6) is -0.749. The Bertz CT molecular complexity index is 2010. The number of carbonyl (C=O) groups excluding carboxylic acids is 4. The van der Waals surface area contributed by atoms with Crippen molar-refractivity contribution >= 4 is 46.0 Å². The highest BCUT2D eigenvalue weighted by Gasteiger charge is 2.28. The van der Waals surface area contributed by atoms with Crippen LogP contribution in [-0.4, -0.2) is 54.8 Å². The van der Waals surface area contributed by atoms with E-state index in [9.17, 15) is 19.2 Å². The number of fused-ring (bicyclic) bond motifs is 2. The van der Waals surface area contributed by atoms with Gasteiger partial charge in [-0.15, -0.1) is 0 Å². The molecule has 1 aliphatic rings. The van der Waals surface area contributed by atoms with E-state index in [-0.39, 0.29) is 11.7 Å². The summed E-state index contributed by atoms with van der Waals surface area (Å²) in [5, 5.41) is 14.0. The van der Waals surface area contributed by atoms with Crippen molar-refractivity contribution in [3.63, 3.8) is 0 Å². The number of benzene rings is 2. The monoisotopic (exact) mass is 607 g/mol. The Hall–Kier alpha value is -5.65. The Morgan fingerprint density at radius 1 is 0.822 bits per heavy atom. The van der Waals surface area contributed by atoms with Crippen LogP contribution in [0.4, 0.5) is 16.2 Å². The minimum atomic E-state index is -0.654. The van der Waals surface area contributed by atoms with Gasteiger partial charge in [0.1, 0.15) is 22.7 Å². The smallest absolute Gasteiger partial charge is 0.412 e. The van der Waals surface area contributed by atoms with Gasteiger partial charge in [-0.1, -0.05) is 36.4 Å². The molecule has 0 radical (unpaired) electrons. The zero-order chi connectivity index (χ0) is 32.0. The van der Waals surface area contributed by atoms with Crippen molar-refractivity contribution < 1.29 is 23.9 Å². The van der Waals surface area contributed by atoms with Crippen LogP contribution in [-0.2, 0) is 25.4 Å². The number of hydrogen-bond donors (Lipinski definition) is 3. The van der Waals surface area contributed by atoms with Crippen LogP contribution >= 0.6 is 0 Å². The van der Waals surface area contributed by atoms with Crippen molar-refractivity contribution in [2.24, 2.45) is 14.1 Å². The number of amides is 3. The number of hydrogen-bond acceptors (Lipinski definition) is 6. The molecule has 12 heteroatoms. The van der Waals surface area contributed by atoms with Crippen molar-refractivity contribution in [3.05, 3.63) is 89.5 Å². The van der Waals surface area contributed by atoms with Crippen molar-refractivity contribution in [2.45, 2.75) is 32.9 Å². The summed E-state index contributed by atoms with van der Waals surface area (Å²) in [6.07, 6.45) is 2.63. The van der Waals surface area contributed by atoms with E-state index < -0.39 is 17.6 Å². The van der Waals surface area contributed by atoms with Gasteiger partial charge in [-0.25, -0.2) is 4.79 Å². The van der Waals surface area contributed by atoms with Crippen LogP contribution in [0.1, 0.15) is 57.7 Å². The Balaban J connectivity index is 1.10. The Morgan fingerprint density at radius 2 is 1.44 bits per heavy atom. The van der Waals surface area contributed by atoms with Crippen LogP contribution in [0.2, 0.25) is 0 Å². The first kappa shape index (κ1) is 29.4. The maximum absolute atomic E-state index is 13.1. The largest absolute Gasteiger partial charge is 0.444 e. The molecule has 0 saturated heterocycles. The third-order valence-corrected chi connectivity index (χ3v) is 7.44. The number of rotatable bonds is 7. The van der Waals surface area contributed by atoms with Crippen LogP contribution in [0.3, 0.4) is 0 Å². The highest BCUT2D eigenvalue weighted by Crippen LogP contribution is 2.38. The summed E-state index contributed by atoms with van der Waals surface area (Å²) < 4.78 is 10.3. The fourth-order valence-corrected chi connectivity index (χ4v) is 5.51. The van der Waals surface area contributed by atoms with Gasteiger partial charge in [0.15, 0.2) is 5.78 Å². The molecule has 12 nitrogen and oxygen atoms in total. The molecule has 6 rings (SSSR count). The minimum absolute atomic E-state index is 0.0202. The molecular weight excluding hydrogens is 574 g/mol. The van der Waals surface area contributed by atoms with Crippen molar-refractivity contribution in [3.8, 4) is 11.3 Å². The molecule has 0 unspecified atom stereocenters. The van der Waals surface area contributed by atoms with Crippen LogP contribution < -0.4 is 16.0 Å². The van der Waals surface area contributed by atoms with Crippen LogP contribution in [0.15, 0.2) is 67.0 Å². The molecule has 3 heterocycles. The molecule has 230 valence electrons. The summed E-state index contributed by atoms with van der Waals surface area (Å²) in [4.78, 5) is 51.3. The van der Waals surface area contributed by atoms with Crippen molar-refractivity contribution in [1.29, 1.82) is 0 Å². The van der Waals surface area contributed by atoms with E-state index in [1.165, 1.54) is 0 Å². The quantitative estimate of drug-likeness (QED) is 0.234. The second-order valence-corrected chi connectivity index (χ2v) is 11.9. The summed E-state index contributed by atoms with van der Waals surface area (Å²) in [6, 6.07) is 16.2. The van der Waals surface area contributed by atoms with E-state index in [1.807, 2.05) is 47.1 Å². The van der Waals surface area contributed by atoms with Gasteiger partial charge < -0.3 is 24.5 Å². The molecule has 5 aromatic rings. The number of aromatic nitrogens is 4. The topological polar surface area (TPSA) is 141 Å². The van der Waals surface area contributed by atoms with E-state index in [4.69, 9.17) is 9.84 Å². The molecule has 0 aliphatic heterocycles. The van der Waals surface area contributed by atoms with Gasteiger partial charge in [-0.3, -0.25) is 24.4 Å². The highest BCUT2D eigenvalue weighted by molar-refractivity contribution is 6.25. The molecule has 45 heavy (non-hydrogen) atoms. The third-order valence-electron chi connectivity index (χ3n) is 7.44. The van der Waals surface area contributed by atoms with E-state index in [1.54, 1.807) is 68.5 Å². The van der Waals surface area contributed by atoms with E-state index in [2.05, 4.69) is 16.0 Å². The standard InChI is InChI=1S/C33H33N7O5/c1-33(2,3)45-32(44)36-20-16-26(39(5)18-20)31(43)35-19-15-25(38(4)17-19)30(42)34-13-14-40-24-12-8-11-23-27(24)28(37-40)21-9-6-7-10-22(21)29(23)41/h6-12,15-18H,13-14H2,1-5H3,(H,34,42)(H,35,43)(H,36,44). The Labute approximate surface area is 259 Å². The van der Waals surface area contributed by atoms with Gasteiger partial charge in [0, 0.05) is 55.1 Å². The summed E-state index contributed by atoms with van der Waals surface area (Å²) in [7, 11) is 3.40. The van der Waals surface area contributed by atoms with Crippen LogP contribution in [0.5, 0.6) is 0 Å². The molecule has 0 spiro atoms. The predicted octanol–water partition coefficient (Wildman–Crippen LogP) is 4.95. The van der Waals surface area contributed by atoms with Crippen LogP contribution in [0.25, 0.3) is 22.2 Å². The lowest BCUT2D eigenvalue weighted by molar-refractivity contribution is 0.0635. The van der Waals surface area contributed by atoms with Gasteiger partial charge >= 0.3 is 6.09 Å². The van der Waals surface area contributed by atoms with Gasteiger partial charge in [0.2, 0.25) is 0 Å². The van der Waals surface area contributed by atoms with Gasteiger partial charge in [-0.2, -0.15) is 5.10 Å². The molecule has 0 atom stereocenters. The van der Waals surface area contributed by atoms with Crippen molar-refractivity contribution in [1.82, 2.24) is 24.2 Å². The van der Waals surface area contributed by atoms with Crippen molar-refractivity contribution in [2.75, 3.05) is 17.2 Å². The number of nitrogens with one attached hydrogen (secondary N) is 3. The first-order chi connectivity index (χ1) is 21.4. The number of nitrogens with zero attached hydrogens (tertiary/aromatic N) is 4. The van der Waals surface area contributed by atoms with E-state index in [0.29, 0.717) is 47.0 Å². The molecule has 2 aromatic carbocycles. The Kier molecular flexibility index (Phi) is 7.27. The normalized spacial score (nSPS) is 12.2. The lowest BCUT2D eigenvalue weighted by Gasteiger charge is -2.19. The third kappa shape index (κ3) is 5.69. The predicted molar refractivity (Wildman–Crippen MR) is 170 cm³/mol. The van der Waals surface area contributed by atoms with Gasteiger partial charge in [0.05, 0.1) is 23.4 Å². The number of anilines is 2. The number of aryl methyl sites for hydroxylation is 2. The average Bonchev–Trinajstić information content (AvgIpc) is 3.65. The number of ether oxygens (including phenoxy) is 1. The molecule has 1 aliphatic carbocycles. The maximum atomic E-state index is 13.1. The number of ketones is 1. The molecular formula is C33H33N7O5. The lowest BCUT2D eigenvalue weighted by Crippen LogP contribution is -2.28. The van der Waals surface area contributed by atoms with Gasteiger partial charge in [-0.05, 0) is 39.0 Å². The number of carbonyl (C=O) groups is 4. The molecule has 3 aromatic heterocycles. The second kappa shape index (κ2) is 11.1. The summed E-state index contributed by atoms with van der Waals surface area (Å²) in [5.41, 5.74) is 4.51. The van der Waals surface area contributed by atoms with E-state index >= 15 is 0 Å². The van der Waals surface area contributed by atoms with E-state index in [0.717, 1.165) is 22.2 Å². The molecule has 3 N–H and O–H groups in total. The fourth-order valence-electron chi connectivity index (χ4n) is 5.51. The average molecular weight is 608 g/mol. The minimum Gasteiger partial charge on any atom is -0.444 e. The summed E-state index contributed by atoms with van der Waals surface area (Å²) in [6.45, 7) is 5.97. The van der Waals surface area contributed by atoms with Gasteiger partial charge in [0.25, 0.3) is 11.8 Å². The lowest BCUT2D eigenvalue weighted by atomic mass is 9.87. The first-order valence-electron chi connectivity index (χ1n) is 14.5. The van der Waals surface area contributed by atoms with Crippen LogP contribution in [0, 0.1) is 0 Å². The molecule has 3 amide bonds. The second-order valence-electron chi connectivity index (χ2n) is 11.9. The zero-order valence-electron chi connectivity index (χ0n) is 25.6. The Morgan fingerprint density at radius 3 is 2.13 bits per heavy atom. The SMILES string of the molecule is Cn1cc(NC(=O)c2cc(NC(=O)OC(C)(C)C)cn2C)cc1C(=O)NCCn1nc2c3c(cccc31)C(=O)c1ccccc1-2. The maximum Gasteiger partial charge on any atom is 0.412 e. The molecule has 0 fully saturated rings. The zero-order valence-corrected chi connectivity index (χ0v) is 25.6. The highest BCUT2D eigenvalue weighted by atomic mass is 16.6. The first-order valence-corrected chi connectivity index (χ1v) is 14.5.